The van der Waals surface area contributed by atoms with E-state index in [1.807, 2.05) is 42.6 Å². The summed E-state index contributed by atoms with van der Waals surface area (Å²) in [5.41, 5.74) is 3.86. The highest BCUT2D eigenvalue weighted by Gasteiger charge is 2.04. The summed E-state index contributed by atoms with van der Waals surface area (Å²) in [5, 5.41) is 1.13. The summed E-state index contributed by atoms with van der Waals surface area (Å²) in [6.07, 6.45) is 6.77. The highest BCUT2D eigenvalue weighted by Crippen LogP contribution is 2.17. The fourth-order valence-electron chi connectivity index (χ4n) is 3.01. The molecule has 0 bridgehead atoms. The van der Waals surface area contributed by atoms with Crippen molar-refractivity contribution in [2.75, 3.05) is 0 Å². The number of fused-ring (bicyclic) bond motifs is 2. The van der Waals surface area contributed by atoms with Crippen molar-refractivity contribution in [3.05, 3.63) is 82.9 Å². The molecule has 0 amide bonds. The second-order valence-corrected chi connectivity index (χ2v) is 5.71. The fraction of sp³-hybridized carbons (Fsp3) is 0.100. The molecule has 2 aromatic heterocycles. The Morgan fingerprint density at radius 1 is 1.04 bits per heavy atom. The molecule has 0 aliphatic heterocycles. The minimum absolute atomic E-state index is 0.0589. The number of aromatic amines is 1. The minimum atomic E-state index is -0.0589. The van der Waals surface area contributed by atoms with Gasteiger partial charge in [0.2, 0.25) is 0 Å². The fourth-order valence-corrected chi connectivity index (χ4v) is 3.01. The van der Waals surface area contributed by atoms with Crippen molar-refractivity contribution in [3.8, 4) is 0 Å². The van der Waals surface area contributed by atoms with E-state index in [0.717, 1.165) is 33.9 Å². The molecule has 0 aliphatic rings. The minimum Gasteiger partial charge on any atom is -0.306 e. The van der Waals surface area contributed by atoms with Gasteiger partial charge in [0, 0.05) is 23.7 Å². The van der Waals surface area contributed by atoms with E-state index >= 15 is 0 Å². The molecule has 0 saturated heterocycles. The van der Waals surface area contributed by atoms with Crippen molar-refractivity contribution in [1.82, 2.24) is 14.5 Å². The zero-order valence-electron chi connectivity index (χ0n) is 13.1. The van der Waals surface area contributed by atoms with E-state index in [4.69, 9.17) is 0 Å². The Morgan fingerprint density at radius 2 is 1.92 bits per heavy atom. The van der Waals surface area contributed by atoms with Crippen LogP contribution in [0, 0.1) is 0 Å². The lowest BCUT2D eigenvalue weighted by Crippen LogP contribution is -2.16. The highest BCUT2D eigenvalue weighted by molar-refractivity contribution is 5.86. The van der Waals surface area contributed by atoms with Crippen LogP contribution in [0.1, 0.15) is 12.0 Å². The summed E-state index contributed by atoms with van der Waals surface area (Å²) in [5.74, 6) is 0. The first-order chi connectivity index (χ1) is 11.8. The van der Waals surface area contributed by atoms with E-state index < -0.39 is 0 Å². The molecule has 4 aromatic rings. The van der Waals surface area contributed by atoms with Crippen molar-refractivity contribution >= 4 is 28.0 Å². The van der Waals surface area contributed by atoms with Crippen molar-refractivity contribution < 1.29 is 0 Å². The van der Waals surface area contributed by atoms with Crippen LogP contribution in [0.2, 0.25) is 0 Å². The van der Waals surface area contributed by atoms with E-state index in [1.54, 1.807) is 4.57 Å². The van der Waals surface area contributed by atoms with E-state index in [-0.39, 0.29) is 5.69 Å². The van der Waals surface area contributed by atoms with E-state index in [2.05, 4.69) is 40.3 Å². The first kappa shape index (κ1) is 14.5. The summed E-state index contributed by atoms with van der Waals surface area (Å²) in [6, 6.07) is 17.9. The second-order valence-electron chi connectivity index (χ2n) is 5.71. The summed E-state index contributed by atoms with van der Waals surface area (Å²) >= 11 is 0. The first-order valence-electron chi connectivity index (χ1n) is 8.01. The Bertz CT molecular complexity index is 1080. The van der Waals surface area contributed by atoms with Gasteiger partial charge in [-0.1, -0.05) is 48.6 Å². The smallest absolute Gasteiger partial charge is 0.306 e. The molecule has 1 N–H and O–H groups in total. The number of allylic oxidation sites excluding steroid dienone is 1. The van der Waals surface area contributed by atoms with Crippen LogP contribution >= 0.6 is 0 Å². The number of aryl methyl sites for hydroxylation is 1. The first-order valence-corrected chi connectivity index (χ1v) is 8.01. The topological polar surface area (TPSA) is 50.7 Å². The lowest BCUT2D eigenvalue weighted by Gasteiger charge is -2.02. The number of H-pyrrole nitrogens is 1. The van der Waals surface area contributed by atoms with Gasteiger partial charge in [0.15, 0.2) is 0 Å². The number of nitrogens with one attached hydrogen (secondary N) is 1. The van der Waals surface area contributed by atoms with Crippen LogP contribution in [0.4, 0.5) is 0 Å². The molecular formula is C20H17N3O. The molecule has 0 spiro atoms. The molecule has 2 aromatic carbocycles. The summed E-state index contributed by atoms with van der Waals surface area (Å²) in [6.45, 7) is 0.650. The normalized spacial score (nSPS) is 11.7. The molecule has 4 nitrogen and oxygen atoms in total. The second kappa shape index (κ2) is 6.16. The lowest BCUT2D eigenvalue weighted by molar-refractivity contribution is 0.705. The monoisotopic (exact) mass is 315 g/mol. The van der Waals surface area contributed by atoms with E-state index in [1.165, 1.54) is 0 Å². The largest absolute Gasteiger partial charge is 0.326 e. The van der Waals surface area contributed by atoms with E-state index in [0.29, 0.717) is 6.54 Å². The number of para-hydroxylation sites is 3. The average Bonchev–Trinajstić information content (AvgIpc) is 2.94. The van der Waals surface area contributed by atoms with Crippen LogP contribution < -0.4 is 5.69 Å². The number of aromatic nitrogens is 3. The molecule has 0 atom stereocenters. The quantitative estimate of drug-likeness (QED) is 0.619. The van der Waals surface area contributed by atoms with Gasteiger partial charge in [0.25, 0.3) is 0 Å². The Hall–Kier alpha value is -3.14. The SMILES string of the molecule is O=c1[nH]c2ccccc2n1CC/C=C/c1cccc2cccnc12. The van der Waals surface area contributed by atoms with Gasteiger partial charge in [-0.15, -0.1) is 0 Å². The van der Waals surface area contributed by atoms with Gasteiger partial charge >= 0.3 is 5.69 Å². The van der Waals surface area contributed by atoms with Crippen LogP contribution in [0.3, 0.4) is 0 Å². The molecule has 4 heteroatoms. The van der Waals surface area contributed by atoms with Gasteiger partial charge in [0.1, 0.15) is 0 Å². The maximum Gasteiger partial charge on any atom is 0.326 e. The van der Waals surface area contributed by atoms with Gasteiger partial charge in [0.05, 0.1) is 16.6 Å². The molecule has 0 aliphatic carbocycles. The zero-order chi connectivity index (χ0) is 16.4. The molecule has 0 unspecified atom stereocenters. The van der Waals surface area contributed by atoms with Crippen molar-refractivity contribution in [3.63, 3.8) is 0 Å². The number of hydrogen-bond acceptors (Lipinski definition) is 2. The van der Waals surface area contributed by atoms with Crippen LogP contribution in [-0.4, -0.2) is 14.5 Å². The Kier molecular flexibility index (Phi) is 3.71. The van der Waals surface area contributed by atoms with E-state index in [9.17, 15) is 4.79 Å². The van der Waals surface area contributed by atoms with Crippen LogP contribution in [0.15, 0.2) is 71.7 Å². The third-order valence-electron chi connectivity index (χ3n) is 4.16. The van der Waals surface area contributed by atoms with Crippen LogP contribution in [0.5, 0.6) is 0 Å². The van der Waals surface area contributed by atoms with Gasteiger partial charge in [-0.2, -0.15) is 0 Å². The number of pyridine rings is 1. The number of hydrogen-bond donors (Lipinski definition) is 1. The van der Waals surface area contributed by atoms with Crippen LogP contribution in [0.25, 0.3) is 28.0 Å². The number of imidazole rings is 1. The van der Waals surface area contributed by atoms with Gasteiger partial charge in [-0.05, 0) is 24.6 Å². The van der Waals surface area contributed by atoms with Crippen LogP contribution in [-0.2, 0) is 6.54 Å². The summed E-state index contributed by atoms with van der Waals surface area (Å²) in [7, 11) is 0. The van der Waals surface area contributed by atoms with Gasteiger partial charge in [-0.25, -0.2) is 4.79 Å². The Balaban J connectivity index is 1.55. The molecule has 24 heavy (non-hydrogen) atoms. The predicted molar refractivity (Wildman–Crippen MR) is 98.0 cm³/mol. The number of rotatable bonds is 4. The summed E-state index contributed by atoms with van der Waals surface area (Å²) in [4.78, 5) is 19.4. The maximum atomic E-state index is 12.1. The number of benzene rings is 2. The predicted octanol–water partition coefficient (Wildman–Crippen LogP) is 3.98. The average molecular weight is 315 g/mol. The Morgan fingerprint density at radius 3 is 2.88 bits per heavy atom. The maximum absolute atomic E-state index is 12.1. The van der Waals surface area contributed by atoms with Crippen molar-refractivity contribution in [2.24, 2.45) is 0 Å². The third-order valence-corrected chi connectivity index (χ3v) is 4.16. The van der Waals surface area contributed by atoms with Crippen molar-refractivity contribution in [2.45, 2.75) is 13.0 Å². The van der Waals surface area contributed by atoms with Crippen molar-refractivity contribution in [1.29, 1.82) is 0 Å². The molecule has 4 rings (SSSR count). The molecule has 118 valence electrons. The molecule has 0 saturated carbocycles. The van der Waals surface area contributed by atoms with Gasteiger partial charge < -0.3 is 4.98 Å². The number of nitrogens with zero attached hydrogens (tertiary/aromatic N) is 2. The molecular weight excluding hydrogens is 298 g/mol. The summed E-state index contributed by atoms with van der Waals surface area (Å²) < 4.78 is 1.78. The third kappa shape index (κ3) is 2.63. The molecule has 0 radical (unpaired) electrons. The molecule has 0 fully saturated rings. The zero-order valence-corrected chi connectivity index (χ0v) is 13.1. The standard InChI is InChI=1S/C20H17N3O/c24-20-22-17-11-1-2-12-18(17)23(20)14-4-3-7-15-8-5-9-16-10-6-13-21-19(15)16/h1-3,5-13H,4,14H2,(H,22,24)/b7-3+. The highest BCUT2D eigenvalue weighted by atomic mass is 16.1. The van der Waals surface area contributed by atoms with Gasteiger partial charge in [-0.3, -0.25) is 9.55 Å². The molecule has 2 heterocycles. The lowest BCUT2D eigenvalue weighted by atomic mass is 10.1. The Labute approximate surface area is 139 Å².